The molecule has 2 aromatic carbocycles. The summed E-state index contributed by atoms with van der Waals surface area (Å²) in [6.07, 6.45) is 3.78. The fraction of sp³-hybridized carbons (Fsp3) is 0.269. The lowest BCUT2D eigenvalue weighted by Gasteiger charge is -2.41. The summed E-state index contributed by atoms with van der Waals surface area (Å²) in [5, 5.41) is 2.29. The Labute approximate surface area is 188 Å². The van der Waals surface area contributed by atoms with E-state index in [9.17, 15) is 14.4 Å². The molecule has 6 nitrogen and oxygen atoms in total. The van der Waals surface area contributed by atoms with Crippen molar-refractivity contribution in [3.05, 3.63) is 70.3 Å². The van der Waals surface area contributed by atoms with Crippen LogP contribution in [0.25, 0.3) is 11.6 Å². The predicted molar refractivity (Wildman–Crippen MR) is 127 cm³/mol. The van der Waals surface area contributed by atoms with E-state index in [1.165, 1.54) is 0 Å². The number of likely N-dealkylation sites (N-methyl/N-ethyl adjacent to an activating group) is 1. The van der Waals surface area contributed by atoms with Crippen LogP contribution in [-0.4, -0.2) is 30.4 Å². The molecule has 0 aliphatic carbocycles. The summed E-state index contributed by atoms with van der Waals surface area (Å²) in [7, 11) is 2.06. The second kappa shape index (κ2) is 7.48. The normalized spacial score (nSPS) is 19.1. The van der Waals surface area contributed by atoms with Crippen LogP contribution in [-0.2, 0) is 9.59 Å². The molecular weight excluding hydrogens is 402 g/mol. The number of hydrogen-bond donors (Lipinski definition) is 1. The molecule has 4 amide bonds. The van der Waals surface area contributed by atoms with E-state index in [0.29, 0.717) is 5.69 Å². The van der Waals surface area contributed by atoms with Gasteiger partial charge in [-0.3, -0.25) is 14.9 Å². The molecule has 164 valence electrons. The van der Waals surface area contributed by atoms with Crippen molar-refractivity contribution in [3.63, 3.8) is 0 Å². The highest BCUT2D eigenvalue weighted by Gasteiger charge is 2.37. The SMILES string of the molecule is CC1=CC(C)(C)N(C)c2cc(C)c(/C=C3/C(=O)NC(=O)N(c4ccc(C)cc4)C3=O)cc21. The van der Waals surface area contributed by atoms with Gasteiger partial charge >= 0.3 is 6.03 Å². The number of barbiturate groups is 1. The average molecular weight is 430 g/mol. The number of allylic oxidation sites excluding steroid dienone is 1. The van der Waals surface area contributed by atoms with Gasteiger partial charge in [0.25, 0.3) is 11.8 Å². The van der Waals surface area contributed by atoms with Crippen LogP contribution in [0.15, 0.2) is 48.0 Å². The largest absolute Gasteiger partial charge is 0.365 e. The van der Waals surface area contributed by atoms with Crippen LogP contribution >= 0.6 is 0 Å². The number of carbonyl (C=O) groups excluding carboxylic acids is 3. The Morgan fingerprint density at radius 3 is 2.28 bits per heavy atom. The molecule has 0 unspecified atom stereocenters. The van der Waals surface area contributed by atoms with Crippen molar-refractivity contribution >= 4 is 40.9 Å². The fourth-order valence-corrected chi connectivity index (χ4v) is 4.21. The third-order valence-electron chi connectivity index (χ3n) is 6.30. The molecule has 2 aliphatic rings. The third kappa shape index (κ3) is 3.51. The van der Waals surface area contributed by atoms with Crippen molar-refractivity contribution in [1.82, 2.24) is 5.32 Å². The van der Waals surface area contributed by atoms with Crippen molar-refractivity contribution in [1.29, 1.82) is 0 Å². The zero-order valence-electron chi connectivity index (χ0n) is 19.2. The lowest BCUT2D eigenvalue weighted by molar-refractivity contribution is -0.122. The number of urea groups is 1. The van der Waals surface area contributed by atoms with E-state index >= 15 is 0 Å². The number of rotatable bonds is 2. The molecule has 2 heterocycles. The van der Waals surface area contributed by atoms with Gasteiger partial charge in [0.1, 0.15) is 5.57 Å². The van der Waals surface area contributed by atoms with Crippen LogP contribution in [0.1, 0.15) is 43.0 Å². The lowest BCUT2D eigenvalue weighted by Crippen LogP contribution is -2.54. The maximum Gasteiger partial charge on any atom is 0.335 e. The Hall–Kier alpha value is -3.67. The second-order valence-corrected chi connectivity index (χ2v) is 9.06. The molecule has 0 spiro atoms. The molecule has 0 bridgehead atoms. The number of amides is 4. The standard InChI is InChI=1S/C26H27N3O3/c1-15-7-9-19(10-8-15)29-24(31)21(23(30)27-25(29)32)13-18-12-20-17(3)14-26(4,5)28(6)22(20)11-16(18)2/h7-14H,1-6H3,(H,27,30,32)/b21-13-. The first-order chi connectivity index (χ1) is 15.0. The first kappa shape index (κ1) is 21.6. The van der Waals surface area contributed by atoms with Gasteiger partial charge in [-0.15, -0.1) is 0 Å². The number of fused-ring (bicyclic) bond motifs is 1. The molecule has 0 saturated carbocycles. The van der Waals surface area contributed by atoms with E-state index in [1.54, 1.807) is 18.2 Å². The van der Waals surface area contributed by atoms with E-state index in [4.69, 9.17) is 0 Å². The molecule has 1 fully saturated rings. The minimum Gasteiger partial charge on any atom is -0.365 e. The number of carbonyl (C=O) groups is 3. The van der Waals surface area contributed by atoms with Crippen molar-refractivity contribution in [2.24, 2.45) is 0 Å². The summed E-state index contributed by atoms with van der Waals surface area (Å²) in [4.78, 5) is 41.4. The first-order valence-electron chi connectivity index (χ1n) is 10.6. The van der Waals surface area contributed by atoms with Gasteiger partial charge in [-0.05, 0) is 81.7 Å². The van der Waals surface area contributed by atoms with Crippen LogP contribution in [0.2, 0.25) is 0 Å². The zero-order chi connectivity index (χ0) is 23.4. The summed E-state index contributed by atoms with van der Waals surface area (Å²) in [5.41, 5.74) is 6.24. The molecule has 1 N–H and O–H groups in total. The minimum atomic E-state index is -0.745. The number of hydrogen-bond acceptors (Lipinski definition) is 4. The maximum atomic E-state index is 13.2. The molecular formula is C26H27N3O3. The van der Waals surface area contributed by atoms with Gasteiger partial charge in [0.05, 0.1) is 11.2 Å². The Bertz CT molecular complexity index is 1220. The molecule has 0 aromatic heterocycles. The van der Waals surface area contributed by atoms with Gasteiger partial charge in [-0.25, -0.2) is 9.69 Å². The van der Waals surface area contributed by atoms with Crippen molar-refractivity contribution in [2.75, 3.05) is 16.8 Å². The van der Waals surface area contributed by atoms with Gasteiger partial charge < -0.3 is 4.90 Å². The van der Waals surface area contributed by atoms with Crippen LogP contribution in [0, 0.1) is 13.8 Å². The lowest BCUT2D eigenvalue weighted by atomic mass is 9.87. The van der Waals surface area contributed by atoms with Crippen molar-refractivity contribution in [3.8, 4) is 0 Å². The Morgan fingerprint density at radius 2 is 1.62 bits per heavy atom. The van der Waals surface area contributed by atoms with Crippen LogP contribution in [0.4, 0.5) is 16.2 Å². The third-order valence-corrected chi connectivity index (χ3v) is 6.30. The number of aryl methyl sites for hydroxylation is 2. The number of nitrogens with zero attached hydrogens (tertiary/aromatic N) is 2. The summed E-state index contributed by atoms with van der Waals surface area (Å²) < 4.78 is 0. The van der Waals surface area contributed by atoms with E-state index < -0.39 is 17.8 Å². The fourth-order valence-electron chi connectivity index (χ4n) is 4.21. The minimum absolute atomic E-state index is 0.0700. The number of benzene rings is 2. The molecule has 0 atom stereocenters. The molecule has 2 aromatic rings. The molecule has 2 aliphatic heterocycles. The highest BCUT2D eigenvalue weighted by Crippen LogP contribution is 2.39. The van der Waals surface area contributed by atoms with Gasteiger partial charge in [-0.1, -0.05) is 23.8 Å². The van der Waals surface area contributed by atoms with E-state index in [-0.39, 0.29) is 11.1 Å². The predicted octanol–water partition coefficient (Wildman–Crippen LogP) is 4.60. The number of anilines is 2. The highest BCUT2D eigenvalue weighted by molar-refractivity contribution is 6.39. The topological polar surface area (TPSA) is 69.7 Å². The molecule has 0 radical (unpaired) electrons. The van der Waals surface area contributed by atoms with Crippen LogP contribution in [0.5, 0.6) is 0 Å². The number of nitrogens with one attached hydrogen (secondary N) is 1. The zero-order valence-corrected chi connectivity index (χ0v) is 19.2. The van der Waals surface area contributed by atoms with Crippen LogP contribution in [0.3, 0.4) is 0 Å². The van der Waals surface area contributed by atoms with Crippen molar-refractivity contribution < 1.29 is 14.4 Å². The average Bonchev–Trinajstić information content (AvgIpc) is 2.71. The van der Waals surface area contributed by atoms with Crippen molar-refractivity contribution in [2.45, 2.75) is 40.2 Å². The maximum absolute atomic E-state index is 13.2. The summed E-state index contributed by atoms with van der Waals surface area (Å²) >= 11 is 0. The Kier molecular flexibility index (Phi) is 5.04. The summed E-state index contributed by atoms with van der Waals surface area (Å²) in [6.45, 7) is 10.3. The monoisotopic (exact) mass is 429 g/mol. The van der Waals surface area contributed by atoms with Gasteiger partial charge in [0.15, 0.2) is 0 Å². The van der Waals surface area contributed by atoms with E-state index in [0.717, 1.165) is 38.4 Å². The molecule has 6 heteroatoms. The number of imide groups is 2. The van der Waals surface area contributed by atoms with Gasteiger partial charge in [0, 0.05) is 18.3 Å². The summed E-state index contributed by atoms with van der Waals surface area (Å²) in [5.74, 6) is -1.32. The quantitative estimate of drug-likeness (QED) is 0.559. The van der Waals surface area contributed by atoms with E-state index in [1.807, 2.05) is 32.0 Å². The second-order valence-electron chi connectivity index (χ2n) is 9.06. The molecule has 32 heavy (non-hydrogen) atoms. The highest BCUT2D eigenvalue weighted by atomic mass is 16.2. The Morgan fingerprint density at radius 1 is 0.969 bits per heavy atom. The Balaban J connectivity index is 1.78. The van der Waals surface area contributed by atoms with Gasteiger partial charge in [0.2, 0.25) is 0 Å². The van der Waals surface area contributed by atoms with Crippen LogP contribution < -0.4 is 15.1 Å². The van der Waals surface area contributed by atoms with Gasteiger partial charge in [-0.2, -0.15) is 0 Å². The van der Waals surface area contributed by atoms with E-state index in [2.05, 4.69) is 50.2 Å². The molecule has 4 rings (SSSR count). The smallest absolute Gasteiger partial charge is 0.335 e. The summed E-state index contributed by atoms with van der Waals surface area (Å²) in [6, 6.07) is 10.3. The molecule has 1 saturated heterocycles. The first-order valence-corrected chi connectivity index (χ1v) is 10.6.